The third kappa shape index (κ3) is 2.46. The lowest BCUT2D eigenvalue weighted by atomic mass is 9.84. The quantitative estimate of drug-likeness (QED) is 0.640. The molecule has 0 atom stereocenters. The minimum atomic E-state index is -0.673. The van der Waals surface area contributed by atoms with Crippen LogP contribution < -0.4 is 0 Å². The van der Waals surface area contributed by atoms with E-state index in [1.165, 1.54) is 18.2 Å². The third-order valence-corrected chi connectivity index (χ3v) is 2.51. The Morgan fingerprint density at radius 2 is 2.13 bits per heavy atom. The maximum absolute atomic E-state index is 10.8. The molecule has 82 valence electrons. The number of halogens is 1. The molecule has 15 heavy (non-hydrogen) atoms. The molecule has 1 rings (SSSR count). The summed E-state index contributed by atoms with van der Waals surface area (Å²) in [5.74, 6) is 0. The topological polar surface area (TPSA) is 63.4 Å². The van der Waals surface area contributed by atoms with Gasteiger partial charge >= 0.3 is 0 Å². The average molecular weight is 230 g/mol. The lowest BCUT2D eigenvalue weighted by molar-refractivity contribution is -0.386. The summed E-state index contributed by atoms with van der Waals surface area (Å²) in [6.45, 7) is 3.28. The molecule has 0 amide bonds. The second kappa shape index (κ2) is 4.16. The first-order valence-electron chi connectivity index (χ1n) is 4.44. The molecular weight excluding hydrogens is 218 g/mol. The molecule has 0 saturated carbocycles. The molecule has 0 aliphatic carbocycles. The molecule has 0 unspecified atom stereocenters. The fourth-order valence-corrected chi connectivity index (χ4v) is 1.47. The summed E-state index contributed by atoms with van der Waals surface area (Å²) < 4.78 is 0. The van der Waals surface area contributed by atoms with Crippen molar-refractivity contribution in [1.82, 2.24) is 0 Å². The van der Waals surface area contributed by atoms with Crippen molar-refractivity contribution in [2.24, 2.45) is 0 Å². The number of aliphatic hydroxyl groups is 1. The first-order chi connectivity index (χ1) is 6.88. The molecule has 0 spiro atoms. The van der Waals surface area contributed by atoms with Crippen LogP contribution in [0.1, 0.15) is 19.4 Å². The monoisotopic (exact) mass is 229 g/mol. The van der Waals surface area contributed by atoms with Crippen molar-refractivity contribution in [3.05, 3.63) is 38.9 Å². The van der Waals surface area contributed by atoms with Gasteiger partial charge in [0.25, 0.3) is 5.69 Å². The van der Waals surface area contributed by atoms with Gasteiger partial charge in [-0.05, 0) is 12.1 Å². The van der Waals surface area contributed by atoms with Crippen LogP contribution in [0.5, 0.6) is 0 Å². The van der Waals surface area contributed by atoms with Crippen LogP contribution in [0.4, 0.5) is 5.69 Å². The van der Waals surface area contributed by atoms with Crippen molar-refractivity contribution in [3.63, 3.8) is 0 Å². The maximum atomic E-state index is 10.8. The summed E-state index contributed by atoms with van der Waals surface area (Å²) in [7, 11) is 0. The third-order valence-electron chi connectivity index (χ3n) is 2.28. The van der Waals surface area contributed by atoms with E-state index in [1.54, 1.807) is 13.8 Å². The molecule has 5 heteroatoms. The standard InChI is InChI=1S/C10H12ClNO3/c1-10(2,6-13)8-5-7(11)3-4-9(8)12(14)15/h3-5,13H,6H2,1-2H3. The first kappa shape index (κ1) is 11.9. The predicted octanol–water partition coefficient (Wildman–Crippen LogP) is 2.52. The largest absolute Gasteiger partial charge is 0.395 e. The molecular formula is C10H12ClNO3. The smallest absolute Gasteiger partial charge is 0.273 e. The van der Waals surface area contributed by atoms with Gasteiger partial charge in [-0.3, -0.25) is 10.1 Å². The van der Waals surface area contributed by atoms with Crippen molar-refractivity contribution in [2.45, 2.75) is 19.3 Å². The van der Waals surface area contributed by atoms with Crippen LogP contribution in [-0.4, -0.2) is 16.6 Å². The van der Waals surface area contributed by atoms with Crippen molar-refractivity contribution in [3.8, 4) is 0 Å². The highest BCUT2D eigenvalue weighted by atomic mass is 35.5. The maximum Gasteiger partial charge on any atom is 0.273 e. The Hall–Kier alpha value is -1.13. The SMILES string of the molecule is CC(C)(CO)c1cc(Cl)ccc1[N+](=O)[O-]. The summed E-state index contributed by atoms with van der Waals surface area (Å²) in [6, 6.07) is 4.35. The molecule has 0 radical (unpaired) electrons. The summed E-state index contributed by atoms with van der Waals surface area (Å²) in [6.07, 6.45) is 0. The zero-order chi connectivity index (χ0) is 11.6. The second-order valence-corrected chi connectivity index (χ2v) is 4.40. The van der Waals surface area contributed by atoms with Crippen molar-refractivity contribution in [2.75, 3.05) is 6.61 Å². The summed E-state index contributed by atoms with van der Waals surface area (Å²) >= 11 is 5.78. The van der Waals surface area contributed by atoms with Gasteiger partial charge in [-0.1, -0.05) is 25.4 Å². The Bertz CT molecular complexity index is 390. The van der Waals surface area contributed by atoms with E-state index in [4.69, 9.17) is 11.6 Å². The van der Waals surface area contributed by atoms with Gasteiger partial charge in [-0.25, -0.2) is 0 Å². The van der Waals surface area contributed by atoms with Crippen molar-refractivity contribution >= 4 is 17.3 Å². The number of rotatable bonds is 3. The Labute approximate surface area is 92.6 Å². The molecule has 4 nitrogen and oxygen atoms in total. The van der Waals surface area contributed by atoms with Crippen LogP contribution >= 0.6 is 11.6 Å². The lowest BCUT2D eigenvalue weighted by Gasteiger charge is -2.21. The molecule has 0 fully saturated rings. The van der Waals surface area contributed by atoms with Crippen molar-refractivity contribution < 1.29 is 10.0 Å². The number of benzene rings is 1. The van der Waals surface area contributed by atoms with E-state index < -0.39 is 10.3 Å². The Morgan fingerprint density at radius 1 is 1.53 bits per heavy atom. The first-order valence-corrected chi connectivity index (χ1v) is 4.81. The van der Waals surface area contributed by atoms with E-state index in [-0.39, 0.29) is 12.3 Å². The molecule has 0 aliphatic rings. The van der Waals surface area contributed by atoms with Gasteiger partial charge in [0.15, 0.2) is 0 Å². The predicted molar refractivity (Wildman–Crippen MR) is 58.2 cm³/mol. The number of nitrogens with zero attached hydrogens (tertiary/aromatic N) is 1. The van der Waals surface area contributed by atoms with E-state index >= 15 is 0 Å². The van der Waals surface area contributed by atoms with Gasteiger partial charge < -0.3 is 5.11 Å². The van der Waals surface area contributed by atoms with Crippen LogP contribution in [0.3, 0.4) is 0 Å². The molecule has 0 heterocycles. The Balaban J connectivity index is 3.37. The van der Waals surface area contributed by atoms with Crippen LogP contribution in [0.25, 0.3) is 0 Å². The number of hydrogen-bond acceptors (Lipinski definition) is 3. The number of nitro groups is 1. The number of aliphatic hydroxyl groups excluding tert-OH is 1. The zero-order valence-electron chi connectivity index (χ0n) is 8.53. The van der Waals surface area contributed by atoms with Crippen molar-refractivity contribution in [1.29, 1.82) is 0 Å². The highest BCUT2D eigenvalue weighted by Crippen LogP contribution is 2.33. The molecule has 0 bridgehead atoms. The molecule has 0 saturated heterocycles. The van der Waals surface area contributed by atoms with Gasteiger partial charge in [0.2, 0.25) is 0 Å². The molecule has 1 aromatic carbocycles. The Kier molecular flexibility index (Phi) is 3.31. The molecule has 1 aromatic rings. The van der Waals surface area contributed by atoms with Crippen LogP contribution in [0, 0.1) is 10.1 Å². The average Bonchev–Trinajstić information content (AvgIpc) is 2.17. The van der Waals surface area contributed by atoms with E-state index in [1.807, 2.05) is 0 Å². The minimum absolute atomic E-state index is 0.0153. The summed E-state index contributed by atoms with van der Waals surface area (Å²) in [4.78, 5) is 10.3. The van der Waals surface area contributed by atoms with Crippen LogP contribution in [0.2, 0.25) is 5.02 Å². The van der Waals surface area contributed by atoms with E-state index in [0.717, 1.165) is 0 Å². The van der Waals surface area contributed by atoms with E-state index in [2.05, 4.69) is 0 Å². The molecule has 0 aliphatic heterocycles. The van der Waals surface area contributed by atoms with Gasteiger partial charge in [-0.15, -0.1) is 0 Å². The van der Waals surface area contributed by atoms with Crippen LogP contribution in [-0.2, 0) is 5.41 Å². The van der Waals surface area contributed by atoms with E-state index in [0.29, 0.717) is 10.6 Å². The molecule has 1 N–H and O–H groups in total. The van der Waals surface area contributed by atoms with Gasteiger partial charge in [0, 0.05) is 22.1 Å². The minimum Gasteiger partial charge on any atom is -0.395 e. The van der Waals surface area contributed by atoms with Gasteiger partial charge in [0.1, 0.15) is 0 Å². The highest BCUT2D eigenvalue weighted by molar-refractivity contribution is 6.30. The lowest BCUT2D eigenvalue weighted by Crippen LogP contribution is -2.23. The zero-order valence-corrected chi connectivity index (χ0v) is 9.28. The summed E-state index contributed by atoms with van der Waals surface area (Å²) in [5.41, 5.74) is -0.242. The fraction of sp³-hybridized carbons (Fsp3) is 0.400. The fourth-order valence-electron chi connectivity index (χ4n) is 1.29. The van der Waals surface area contributed by atoms with Gasteiger partial charge in [0.05, 0.1) is 11.5 Å². The number of hydrogen-bond donors (Lipinski definition) is 1. The summed E-state index contributed by atoms with van der Waals surface area (Å²) in [5, 5.41) is 20.4. The van der Waals surface area contributed by atoms with Crippen LogP contribution in [0.15, 0.2) is 18.2 Å². The highest BCUT2D eigenvalue weighted by Gasteiger charge is 2.28. The molecule has 0 aromatic heterocycles. The number of nitro benzene ring substituents is 1. The second-order valence-electron chi connectivity index (χ2n) is 3.96. The van der Waals surface area contributed by atoms with E-state index in [9.17, 15) is 15.2 Å². The Morgan fingerprint density at radius 3 is 2.60 bits per heavy atom. The normalized spacial score (nSPS) is 11.5. The van der Waals surface area contributed by atoms with Gasteiger partial charge in [-0.2, -0.15) is 0 Å².